The molecule has 1 amide bonds. The fourth-order valence-corrected chi connectivity index (χ4v) is 2.16. The highest BCUT2D eigenvalue weighted by Crippen LogP contribution is 2.21. The lowest BCUT2D eigenvalue weighted by Gasteiger charge is -2.03. The van der Waals surface area contributed by atoms with Crippen LogP contribution >= 0.6 is 0 Å². The lowest BCUT2D eigenvalue weighted by atomic mass is 10.2. The largest absolute Gasteiger partial charge is 0.316 e. The van der Waals surface area contributed by atoms with E-state index in [2.05, 4.69) is 20.4 Å². The number of benzene rings is 1. The molecule has 0 radical (unpaired) electrons. The summed E-state index contributed by atoms with van der Waals surface area (Å²) in [6.07, 6.45) is 0. The van der Waals surface area contributed by atoms with Crippen LogP contribution in [0.1, 0.15) is 22.0 Å². The van der Waals surface area contributed by atoms with Crippen LogP contribution in [0.25, 0.3) is 5.78 Å². The predicted octanol–water partition coefficient (Wildman–Crippen LogP) is 2.04. The highest BCUT2D eigenvalue weighted by Gasteiger charge is 2.18. The smallest absolute Gasteiger partial charge is 0.295 e. The number of hydrogen-bond donors (Lipinski definition) is 1. The van der Waals surface area contributed by atoms with E-state index in [0.29, 0.717) is 5.69 Å². The topological polar surface area (TPSA) is 115 Å². The Morgan fingerprint density at radius 3 is 2.75 bits per heavy atom. The number of halogens is 1. The first-order chi connectivity index (χ1) is 11.3. The summed E-state index contributed by atoms with van der Waals surface area (Å²) < 4.78 is 15.1. The minimum Gasteiger partial charge on any atom is -0.316 e. The SMILES string of the molecule is Cc1cc(C)n2nc(C(=O)Nc3cc([N+](=O)[O-])ccc3F)nc2n1. The van der Waals surface area contributed by atoms with Gasteiger partial charge in [-0.25, -0.2) is 13.9 Å². The molecule has 0 spiro atoms. The first-order valence-corrected chi connectivity index (χ1v) is 6.81. The van der Waals surface area contributed by atoms with Crippen molar-refractivity contribution in [2.24, 2.45) is 0 Å². The third-order valence-electron chi connectivity index (χ3n) is 3.23. The molecule has 122 valence electrons. The number of aromatic nitrogens is 4. The first kappa shape index (κ1) is 15.5. The predicted molar refractivity (Wildman–Crippen MR) is 81.3 cm³/mol. The zero-order valence-electron chi connectivity index (χ0n) is 12.6. The van der Waals surface area contributed by atoms with Crippen molar-refractivity contribution in [3.8, 4) is 0 Å². The van der Waals surface area contributed by atoms with Gasteiger partial charge in [0.1, 0.15) is 5.82 Å². The van der Waals surface area contributed by atoms with Gasteiger partial charge in [-0.15, -0.1) is 5.10 Å². The number of fused-ring (bicyclic) bond motifs is 1. The molecule has 0 aliphatic rings. The van der Waals surface area contributed by atoms with Gasteiger partial charge in [0.15, 0.2) is 0 Å². The molecule has 0 fully saturated rings. The second-order valence-corrected chi connectivity index (χ2v) is 5.06. The molecule has 0 saturated carbocycles. The maximum Gasteiger partial charge on any atom is 0.295 e. The van der Waals surface area contributed by atoms with Crippen LogP contribution in [0.2, 0.25) is 0 Å². The van der Waals surface area contributed by atoms with Gasteiger partial charge in [-0.1, -0.05) is 0 Å². The normalized spacial score (nSPS) is 10.8. The van der Waals surface area contributed by atoms with Crippen molar-refractivity contribution < 1.29 is 14.1 Å². The van der Waals surface area contributed by atoms with Gasteiger partial charge in [0.05, 0.1) is 10.6 Å². The molecule has 0 saturated heterocycles. The van der Waals surface area contributed by atoms with Gasteiger partial charge in [0.2, 0.25) is 5.82 Å². The van der Waals surface area contributed by atoms with Gasteiger partial charge in [0, 0.05) is 23.5 Å². The van der Waals surface area contributed by atoms with E-state index in [4.69, 9.17) is 0 Å². The van der Waals surface area contributed by atoms with Crippen LogP contribution in [0.15, 0.2) is 24.3 Å². The third-order valence-corrected chi connectivity index (χ3v) is 3.23. The fraction of sp³-hybridized carbons (Fsp3) is 0.143. The molecule has 0 unspecified atom stereocenters. The number of aryl methyl sites for hydroxylation is 2. The van der Waals surface area contributed by atoms with Crippen LogP contribution in [-0.4, -0.2) is 30.4 Å². The average Bonchev–Trinajstić information content (AvgIpc) is 2.93. The summed E-state index contributed by atoms with van der Waals surface area (Å²) in [7, 11) is 0. The number of rotatable bonds is 3. The van der Waals surface area contributed by atoms with Crippen molar-refractivity contribution in [2.75, 3.05) is 5.32 Å². The summed E-state index contributed by atoms with van der Waals surface area (Å²) >= 11 is 0. The molecule has 9 nitrogen and oxygen atoms in total. The molecule has 1 N–H and O–H groups in total. The van der Waals surface area contributed by atoms with Gasteiger partial charge in [-0.05, 0) is 26.0 Å². The number of nitro benzene ring substituents is 1. The maximum absolute atomic E-state index is 13.7. The Labute approximate surface area is 134 Å². The maximum atomic E-state index is 13.7. The Hall–Kier alpha value is -3.43. The number of nitro groups is 1. The Morgan fingerprint density at radius 2 is 2.04 bits per heavy atom. The Balaban J connectivity index is 1.94. The number of amides is 1. The van der Waals surface area contributed by atoms with Gasteiger partial charge in [0.25, 0.3) is 17.4 Å². The molecule has 2 heterocycles. The van der Waals surface area contributed by atoms with Crippen LogP contribution in [0.3, 0.4) is 0 Å². The van der Waals surface area contributed by atoms with E-state index in [-0.39, 0.29) is 23.0 Å². The molecule has 1 aromatic carbocycles. The quantitative estimate of drug-likeness (QED) is 0.580. The zero-order chi connectivity index (χ0) is 17.4. The van der Waals surface area contributed by atoms with Crippen molar-refractivity contribution in [1.82, 2.24) is 19.6 Å². The van der Waals surface area contributed by atoms with Gasteiger partial charge < -0.3 is 5.32 Å². The fourth-order valence-electron chi connectivity index (χ4n) is 2.16. The van der Waals surface area contributed by atoms with Gasteiger partial charge >= 0.3 is 0 Å². The molecular weight excluding hydrogens is 319 g/mol. The lowest BCUT2D eigenvalue weighted by Crippen LogP contribution is -2.15. The van der Waals surface area contributed by atoms with Gasteiger partial charge in [-0.2, -0.15) is 4.98 Å². The van der Waals surface area contributed by atoms with Crippen molar-refractivity contribution in [1.29, 1.82) is 0 Å². The highest BCUT2D eigenvalue weighted by molar-refractivity contribution is 6.02. The van der Waals surface area contributed by atoms with Crippen molar-refractivity contribution in [3.05, 3.63) is 57.4 Å². The minimum absolute atomic E-state index is 0.220. The number of nitrogens with one attached hydrogen (secondary N) is 1. The van der Waals surface area contributed by atoms with E-state index >= 15 is 0 Å². The van der Waals surface area contributed by atoms with E-state index in [1.807, 2.05) is 0 Å². The van der Waals surface area contributed by atoms with E-state index in [1.165, 1.54) is 4.52 Å². The summed E-state index contributed by atoms with van der Waals surface area (Å²) in [6.45, 7) is 3.55. The number of anilines is 1. The van der Waals surface area contributed by atoms with Crippen LogP contribution in [0, 0.1) is 29.8 Å². The van der Waals surface area contributed by atoms with Crippen molar-refractivity contribution >= 4 is 23.1 Å². The van der Waals surface area contributed by atoms with E-state index in [9.17, 15) is 19.3 Å². The van der Waals surface area contributed by atoms with Gasteiger partial charge in [-0.3, -0.25) is 14.9 Å². The molecule has 0 aliphatic carbocycles. The van der Waals surface area contributed by atoms with Crippen molar-refractivity contribution in [2.45, 2.75) is 13.8 Å². The molecule has 3 rings (SSSR count). The summed E-state index contributed by atoms with van der Waals surface area (Å²) in [6, 6.07) is 4.60. The molecule has 10 heteroatoms. The molecule has 3 aromatic rings. The monoisotopic (exact) mass is 330 g/mol. The molecule has 0 aliphatic heterocycles. The Bertz CT molecular complexity index is 984. The van der Waals surface area contributed by atoms with Crippen LogP contribution in [-0.2, 0) is 0 Å². The standard InChI is InChI=1S/C14H11FN6O3/c1-7-5-8(2)20-14(16-7)18-12(19-20)13(22)17-11-6-9(21(23)24)3-4-10(11)15/h3-6H,1-2H3,(H,17,22). The lowest BCUT2D eigenvalue weighted by molar-refractivity contribution is -0.384. The third kappa shape index (κ3) is 2.76. The summed E-state index contributed by atoms with van der Waals surface area (Å²) in [4.78, 5) is 30.4. The Morgan fingerprint density at radius 1 is 1.29 bits per heavy atom. The average molecular weight is 330 g/mol. The number of carbonyl (C=O) groups excluding carboxylic acids is 1. The number of non-ortho nitro benzene ring substituents is 1. The Kier molecular flexibility index (Phi) is 3.64. The highest BCUT2D eigenvalue weighted by atomic mass is 19.1. The van der Waals surface area contributed by atoms with E-state index in [0.717, 1.165) is 23.9 Å². The second kappa shape index (κ2) is 5.65. The second-order valence-electron chi connectivity index (χ2n) is 5.06. The summed E-state index contributed by atoms with van der Waals surface area (Å²) in [5, 5.41) is 17.0. The number of nitrogens with zero attached hydrogens (tertiary/aromatic N) is 5. The van der Waals surface area contributed by atoms with E-state index < -0.39 is 16.6 Å². The molecule has 2 aromatic heterocycles. The number of hydrogen-bond acceptors (Lipinski definition) is 6. The number of carbonyl (C=O) groups is 1. The summed E-state index contributed by atoms with van der Waals surface area (Å²) in [5.74, 6) is -1.58. The van der Waals surface area contributed by atoms with Crippen LogP contribution in [0.4, 0.5) is 15.8 Å². The van der Waals surface area contributed by atoms with Crippen LogP contribution in [0.5, 0.6) is 0 Å². The minimum atomic E-state index is -0.803. The van der Waals surface area contributed by atoms with Crippen molar-refractivity contribution in [3.63, 3.8) is 0 Å². The summed E-state index contributed by atoms with van der Waals surface area (Å²) in [5.41, 5.74) is 0.770. The van der Waals surface area contributed by atoms with Crippen LogP contribution < -0.4 is 5.32 Å². The van der Waals surface area contributed by atoms with E-state index in [1.54, 1.807) is 19.9 Å². The molecule has 24 heavy (non-hydrogen) atoms. The molecular formula is C14H11FN6O3. The molecule has 0 bridgehead atoms. The molecule has 0 atom stereocenters. The zero-order valence-corrected chi connectivity index (χ0v) is 12.6. The first-order valence-electron chi connectivity index (χ1n) is 6.81.